The highest BCUT2D eigenvalue weighted by atomic mass is 35.5. The van der Waals surface area contributed by atoms with Crippen LogP contribution in [0.2, 0.25) is 10.0 Å². The van der Waals surface area contributed by atoms with Crippen molar-refractivity contribution in [2.24, 2.45) is 5.41 Å². The zero-order valence-corrected chi connectivity index (χ0v) is 29.3. The number of carbonyl (C=O) groups is 2. The Morgan fingerprint density at radius 3 is 1.86 bits per heavy atom. The van der Waals surface area contributed by atoms with E-state index in [1.54, 1.807) is 19.1 Å². The number of esters is 2. The molecule has 0 radical (unpaired) electrons. The molecule has 0 saturated heterocycles. The van der Waals surface area contributed by atoms with E-state index in [1.165, 1.54) is 0 Å². The molecule has 49 heavy (non-hydrogen) atoms. The average molecular weight is 692 g/mol. The molecule has 0 fully saturated rings. The molecule has 4 aromatic carbocycles. The van der Waals surface area contributed by atoms with Crippen molar-refractivity contribution >= 4 is 53.4 Å². The third-order valence-electron chi connectivity index (χ3n) is 8.79. The molecule has 0 unspecified atom stereocenters. The molecule has 1 aliphatic rings. The molecule has 0 aromatic heterocycles. The number of allylic oxidation sites excluding steroid dienone is 2. The molecule has 250 valence electrons. The highest BCUT2D eigenvalue weighted by Gasteiger charge is 2.47. The van der Waals surface area contributed by atoms with Gasteiger partial charge in [-0.05, 0) is 97.4 Å². The Balaban J connectivity index is 1.74. The highest BCUT2D eigenvalue weighted by molar-refractivity contribution is 6.30. The summed E-state index contributed by atoms with van der Waals surface area (Å²) >= 11 is 12.4. The van der Waals surface area contributed by atoms with Crippen LogP contribution in [0.3, 0.4) is 0 Å². The molecule has 0 amide bonds. The summed E-state index contributed by atoms with van der Waals surface area (Å²) in [6, 6.07) is 35.1. The first-order chi connectivity index (χ1) is 23.8. The lowest BCUT2D eigenvalue weighted by Crippen LogP contribution is -2.37. The number of halogens is 2. The van der Waals surface area contributed by atoms with Gasteiger partial charge in [0.05, 0.1) is 18.8 Å². The van der Waals surface area contributed by atoms with Crippen molar-refractivity contribution in [3.05, 3.63) is 170 Å². The molecule has 1 aliphatic carbocycles. The van der Waals surface area contributed by atoms with Crippen molar-refractivity contribution in [2.45, 2.75) is 39.0 Å². The summed E-state index contributed by atoms with van der Waals surface area (Å²) in [6.07, 6.45) is 11.8. The maximum absolute atomic E-state index is 14.1. The Hall–Kier alpha value is -4.64. The zero-order chi connectivity index (χ0) is 34.6. The molecule has 2 atom stereocenters. The fraction of sp³-hybridized carbons (Fsp3) is 0.209. The molecule has 0 saturated carbocycles. The summed E-state index contributed by atoms with van der Waals surface area (Å²) in [6.45, 7) is 4.11. The van der Waals surface area contributed by atoms with Crippen LogP contribution in [0, 0.1) is 5.41 Å². The Morgan fingerprint density at radius 1 is 0.714 bits per heavy atom. The molecule has 0 aliphatic heterocycles. The predicted molar refractivity (Wildman–Crippen MR) is 201 cm³/mol. The number of ether oxygens (including phenoxy) is 2. The van der Waals surface area contributed by atoms with E-state index in [1.807, 2.05) is 91.9 Å². The molecule has 0 bridgehead atoms. The van der Waals surface area contributed by atoms with Crippen LogP contribution in [-0.4, -0.2) is 25.2 Å². The molecule has 4 nitrogen and oxygen atoms in total. The van der Waals surface area contributed by atoms with Crippen molar-refractivity contribution in [3.63, 3.8) is 0 Å². The second kappa shape index (κ2) is 17.1. The largest absolute Gasteiger partial charge is 0.463 e. The number of hydrogen-bond donors (Lipinski definition) is 0. The Morgan fingerprint density at radius 2 is 1.27 bits per heavy atom. The van der Waals surface area contributed by atoms with Crippen molar-refractivity contribution in [1.82, 2.24) is 0 Å². The molecular formula is C43H40Cl2O4. The fourth-order valence-corrected chi connectivity index (χ4v) is 6.68. The third kappa shape index (κ3) is 9.08. The lowest BCUT2D eigenvalue weighted by atomic mass is 9.58. The van der Waals surface area contributed by atoms with Crippen LogP contribution < -0.4 is 0 Å². The Labute approximate surface area is 299 Å². The normalized spacial score (nSPS) is 18.2. The molecule has 0 heterocycles. The van der Waals surface area contributed by atoms with Crippen LogP contribution in [0.25, 0.3) is 18.2 Å². The van der Waals surface area contributed by atoms with E-state index in [0.717, 1.165) is 27.8 Å². The van der Waals surface area contributed by atoms with Crippen molar-refractivity contribution in [1.29, 1.82) is 0 Å². The van der Waals surface area contributed by atoms with Gasteiger partial charge in [-0.25, -0.2) is 9.59 Å². The van der Waals surface area contributed by atoms with Crippen molar-refractivity contribution in [2.75, 3.05) is 13.2 Å². The first kappa shape index (κ1) is 35.7. The van der Waals surface area contributed by atoms with Gasteiger partial charge in [-0.3, -0.25) is 0 Å². The first-order valence-corrected chi connectivity index (χ1v) is 17.4. The summed E-state index contributed by atoms with van der Waals surface area (Å²) in [5.74, 6) is -1.07. The topological polar surface area (TPSA) is 52.6 Å². The summed E-state index contributed by atoms with van der Waals surface area (Å²) in [4.78, 5) is 27.7. The van der Waals surface area contributed by atoms with E-state index < -0.39 is 11.4 Å². The van der Waals surface area contributed by atoms with Crippen LogP contribution in [0.5, 0.6) is 0 Å². The second-order valence-corrected chi connectivity index (χ2v) is 12.8. The minimum atomic E-state index is -0.734. The SMILES string of the molecule is CCOC(=O)/C(=C\c1ccc(Cl)cc1)C1=C[C@H](c2ccccc2)[C@@](C/C=C/c2ccccc2)(/C(=C/c2ccc(Cl)cc2)C(=O)OCC)CC1. The quantitative estimate of drug-likeness (QED) is 0.110. The summed E-state index contributed by atoms with van der Waals surface area (Å²) in [7, 11) is 0. The Bertz CT molecular complexity index is 1840. The minimum absolute atomic E-state index is 0.237. The smallest absolute Gasteiger partial charge is 0.338 e. The van der Waals surface area contributed by atoms with E-state index in [-0.39, 0.29) is 25.1 Å². The van der Waals surface area contributed by atoms with E-state index in [4.69, 9.17) is 32.7 Å². The van der Waals surface area contributed by atoms with Crippen LogP contribution in [0.15, 0.2) is 138 Å². The predicted octanol–water partition coefficient (Wildman–Crippen LogP) is 11.2. The standard InChI is InChI=1S/C43H40Cl2O4/c1-3-48-41(46)38(28-32-17-21-36(44)22-18-32)35-25-27-43(26-11-14-31-12-7-5-8-13-31,39(30-35)34-15-9-6-10-16-34)40(42(47)49-4-2)29-33-19-23-37(45)24-20-33/h5-24,28-30,39H,3-4,25-27H2,1-2H3/b14-11+,38-28-,40-29+/t39-,43+/m1/s1. The number of carbonyl (C=O) groups excluding carboxylic acids is 2. The second-order valence-electron chi connectivity index (χ2n) is 11.9. The van der Waals surface area contributed by atoms with Gasteiger partial charge in [-0.2, -0.15) is 0 Å². The first-order valence-electron chi connectivity index (χ1n) is 16.6. The number of rotatable bonds is 12. The molecule has 5 rings (SSSR count). The molecule has 0 spiro atoms. The van der Waals surface area contributed by atoms with Gasteiger partial charge < -0.3 is 9.47 Å². The van der Waals surface area contributed by atoms with Gasteiger partial charge in [0.25, 0.3) is 0 Å². The van der Waals surface area contributed by atoms with Gasteiger partial charge in [0, 0.05) is 27.0 Å². The molecule has 0 N–H and O–H groups in total. The van der Waals surface area contributed by atoms with Crippen LogP contribution in [-0.2, 0) is 19.1 Å². The molecule has 4 aromatic rings. The summed E-state index contributed by atoms with van der Waals surface area (Å²) in [5.41, 5.74) is 4.94. The maximum atomic E-state index is 14.1. The highest BCUT2D eigenvalue weighted by Crippen LogP contribution is 2.55. The van der Waals surface area contributed by atoms with E-state index in [0.29, 0.717) is 40.5 Å². The summed E-state index contributed by atoms with van der Waals surface area (Å²) < 4.78 is 11.4. The van der Waals surface area contributed by atoms with E-state index in [2.05, 4.69) is 42.5 Å². The van der Waals surface area contributed by atoms with Gasteiger partial charge in [0.1, 0.15) is 0 Å². The lowest BCUT2D eigenvalue weighted by molar-refractivity contribution is -0.140. The average Bonchev–Trinajstić information content (AvgIpc) is 3.12. The Kier molecular flexibility index (Phi) is 12.5. The van der Waals surface area contributed by atoms with Crippen molar-refractivity contribution < 1.29 is 19.1 Å². The fourth-order valence-electron chi connectivity index (χ4n) is 6.43. The zero-order valence-electron chi connectivity index (χ0n) is 27.8. The summed E-state index contributed by atoms with van der Waals surface area (Å²) in [5, 5.41) is 1.23. The van der Waals surface area contributed by atoms with Gasteiger partial charge in [0.2, 0.25) is 0 Å². The van der Waals surface area contributed by atoms with Crippen LogP contribution in [0.1, 0.15) is 61.3 Å². The van der Waals surface area contributed by atoms with Gasteiger partial charge >= 0.3 is 11.9 Å². The third-order valence-corrected chi connectivity index (χ3v) is 9.29. The van der Waals surface area contributed by atoms with Gasteiger partial charge in [0.15, 0.2) is 0 Å². The van der Waals surface area contributed by atoms with Crippen molar-refractivity contribution in [3.8, 4) is 0 Å². The molecule has 6 heteroatoms. The van der Waals surface area contributed by atoms with E-state index in [9.17, 15) is 9.59 Å². The monoisotopic (exact) mass is 690 g/mol. The lowest BCUT2D eigenvalue weighted by Gasteiger charge is -2.44. The van der Waals surface area contributed by atoms with Gasteiger partial charge in [-0.15, -0.1) is 0 Å². The minimum Gasteiger partial charge on any atom is -0.463 e. The van der Waals surface area contributed by atoms with Gasteiger partial charge in [-0.1, -0.05) is 126 Å². The molecular weight excluding hydrogens is 651 g/mol. The maximum Gasteiger partial charge on any atom is 0.338 e. The van der Waals surface area contributed by atoms with Crippen LogP contribution >= 0.6 is 23.2 Å². The van der Waals surface area contributed by atoms with Crippen LogP contribution in [0.4, 0.5) is 0 Å². The number of benzene rings is 4. The number of hydrogen-bond acceptors (Lipinski definition) is 4. The van der Waals surface area contributed by atoms with E-state index >= 15 is 0 Å².